The molecule has 46 heavy (non-hydrogen) atoms. The number of halogens is 3. The molecule has 5 aliphatic rings. The van der Waals surface area contributed by atoms with Crippen molar-refractivity contribution in [1.82, 2.24) is 25.2 Å². The highest BCUT2D eigenvalue weighted by Crippen LogP contribution is 2.45. The summed E-state index contributed by atoms with van der Waals surface area (Å²) in [4.78, 5) is 18.6. The molecule has 4 saturated heterocycles. The minimum absolute atomic E-state index is 0.0145. The minimum atomic E-state index is -0.913. The largest absolute Gasteiger partial charge is 0.508 e. The first-order chi connectivity index (χ1) is 22.3. The number of aromatic hydroxyl groups is 1. The van der Waals surface area contributed by atoms with Gasteiger partial charge in [0, 0.05) is 37.2 Å². The molecule has 0 amide bonds. The Morgan fingerprint density at radius 3 is 2.89 bits per heavy atom. The molecule has 4 aromatic rings. The molecule has 0 aliphatic carbocycles. The number of aryl methyl sites for hydroxylation is 1. The van der Waals surface area contributed by atoms with E-state index in [4.69, 9.17) is 19.4 Å². The van der Waals surface area contributed by atoms with Gasteiger partial charge in [-0.3, -0.25) is 4.90 Å². The van der Waals surface area contributed by atoms with Gasteiger partial charge in [-0.15, -0.1) is 0 Å². The second kappa shape index (κ2) is 10.3. The van der Waals surface area contributed by atoms with Gasteiger partial charge in [0.1, 0.15) is 53.4 Å². The van der Waals surface area contributed by atoms with Crippen LogP contribution in [0.25, 0.3) is 32.9 Å². The third-order valence-electron chi connectivity index (χ3n) is 10.9. The highest BCUT2D eigenvalue weighted by Gasteiger charge is 2.50. The molecular weight excluding hydrogens is 597 g/mol. The van der Waals surface area contributed by atoms with Gasteiger partial charge in [-0.05, 0) is 73.2 Å². The Morgan fingerprint density at radius 2 is 2.02 bits per heavy atom. The van der Waals surface area contributed by atoms with Gasteiger partial charge in [0.2, 0.25) is 5.88 Å². The molecule has 7 heterocycles. The first kappa shape index (κ1) is 28.3. The van der Waals surface area contributed by atoms with Crippen molar-refractivity contribution in [2.75, 3.05) is 37.7 Å². The highest BCUT2D eigenvalue weighted by molar-refractivity contribution is 6.03. The van der Waals surface area contributed by atoms with E-state index in [1.54, 1.807) is 6.07 Å². The van der Waals surface area contributed by atoms with Crippen LogP contribution < -0.4 is 19.7 Å². The van der Waals surface area contributed by atoms with Crippen LogP contribution in [0.5, 0.6) is 17.6 Å². The molecule has 240 valence electrons. The van der Waals surface area contributed by atoms with Gasteiger partial charge < -0.3 is 24.8 Å². The molecular formula is C34H35F3N6O3. The Balaban J connectivity index is 1.24. The highest BCUT2D eigenvalue weighted by atomic mass is 19.1. The number of rotatable bonds is 5. The van der Waals surface area contributed by atoms with E-state index in [1.165, 1.54) is 18.2 Å². The van der Waals surface area contributed by atoms with E-state index >= 15 is 8.78 Å². The summed E-state index contributed by atoms with van der Waals surface area (Å²) in [7, 11) is 0. The lowest BCUT2D eigenvalue weighted by atomic mass is 9.94. The van der Waals surface area contributed by atoms with E-state index in [0.29, 0.717) is 60.1 Å². The Bertz CT molecular complexity index is 1910. The van der Waals surface area contributed by atoms with E-state index in [-0.39, 0.29) is 59.1 Å². The zero-order chi connectivity index (χ0) is 31.3. The molecule has 2 bridgehead atoms. The number of phenols is 1. The van der Waals surface area contributed by atoms with Gasteiger partial charge >= 0.3 is 6.01 Å². The number of hydrogen-bond donors (Lipinski definition) is 2. The average molecular weight is 633 g/mol. The lowest BCUT2D eigenvalue weighted by molar-refractivity contribution is 0.107. The normalized spacial score (nSPS) is 28.4. The third kappa shape index (κ3) is 4.18. The summed E-state index contributed by atoms with van der Waals surface area (Å²) in [5, 5.41) is 15.8. The Hall–Kier alpha value is -3.90. The standard InChI is InChI=1S/C34H35F3N6O3/c1-2-21-23(36)6-4-17-10-20(44)11-22(26(17)21)29-28(37)30-27-31(43-14-19-5-7-24(38-19)25(43)15-45-32(27)39-29)41-33(40-30)46-16-34-8-3-9-42(34)13-18(35)12-34/h4,6,10-11,18-19,24-25,38,44H,2-3,5,7-9,12-16H2,1H3/t18-,19?,24+,25+,34-/m1/s1. The van der Waals surface area contributed by atoms with Crippen molar-refractivity contribution in [2.24, 2.45) is 0 Å². The lowest BCUT2D eigenvalue weighted by Crippen LogP contribution is -2.60. The van der Waals surface area contributed by atoms with E-state index < -0.39 is 23.3 Å². The number of nitrogens with one attached hydrogen (secondary N) is 1. The zero-order valence-electron chi connectivity index (χ0n) is 25.5. The summed E-state index contributed by atoms with van der Waals surface area (Å²) in [6, 6.07) is 6.25. The average Bonchev–Trinajstić information content (AvgIpc) is 3.68. The van der Waals surface area contributed by atoms with Gasteiger partial charge in [0.05, 0.1) is 11.6 Å². The van der Waals surface area contributed by atoms with Crippen LogP contribution in [0.3, 0.4) is 0 Å². The number of anilines is 1. The van der Waals surface area contributed by atoms with Gasteiger partial charge in [-0.2, -0.15) is 9.97 Å². The Kier molecular flexibility index (Phi) is 6.34. The number of fused-ring (bicyclic) bond motifs is 7. The third-order valence-corrected chi connectivity index (χ3v) is 10.9. The fourth-order valence-corrected chi connectivity index (χ4v) is 8.84. The maximum absolute atomic E-state index is 17.1. The van der Waals surface area contributed by atoms with Crippen molar-refractivity contribution < 1.29 is 27.8 Å². The molecule has 9 nitrogen and oxygen atoms in total. The van der Waals surface area contributed by atoms with Crippen molar-refractivity contribution in [3.05, 3.63) is 41.5 Å². The van der Waals surface area contributed by atoms with Crippen LogP contribution in [-0.2, 0) is 6.42 Å². The van der Waals surface area contributed by atoms with E-state index in [1.807, 2.05) is 6.92 Å². The van der Waals surface area contributed by atoms with Crippen LogP contribution in [-0.4, -0.2) is 87.6 Å². The molecule has 0 spiro atoms. The number of piperazine rings is 1. The van der Waals surface area contributed by atoms with Crippen LogP contribution in [0.15, 0.2) is 24.3 Å². The summed E-state index contributed by atoms with van der Waals surface area (Å²) in [6.45, 7) is 4.21. The molecule has 5 atom stereocenters. The quantitative estimate of drug-likeness (QED) is 0.314. The summed E-state index contributed by atoms with van der Waals surface area (Å²) >= 11 is 0. The molecule has 2 aromatic heterocycles. The van der Waals surface area contributed by atoms with Gasteiger partial charge in [0.15, 0.2) is 5.82 Å². The van der Waals surface area contributed by atoms with Crippen LogP contribution in [0, 0.1) is 11.6 Å². The first-order valence-electron chi connectivity index (χ1n) is 16.3. The van der Waals surface area contributed by atoms with Crippen LogP contribution in [0.1, 0.15) is 44.6 Å². The molecule has 4 fully saturated rings. The molecule has 12 heteroatoms. The van der Waals surface area contributed by atoms with Crippen molar-refractivity contribution in [1.29, 1.82) is 0 Å². The monoisotopic (exact) mass is 632 g/mol. The van der Waals surface area contributed by atoms with Crippen molar-refractivity contribution >= 4 is 27.5 Å². The van der Waals surface area contributed by atoms with E-state index in [0.717, 1.165) is 32.2 Å². The Labute approximate surface area is 263 Å². The van der Waals surface area contributed by atoms with Crippen LogP contribution in [0.4, 0.5) is 19.0 Å². The van der Waals surface area contributed by atoms with Crippen molar-refractivity contribution in [3.63, 3.8) is 0 Å². The van der Waals surface area contributed by atoms with Crippen LogP contribution in [0.2, 0.25) is 0 Å². The molecule has 0 radical (unpaired) electrons. The predicted octanol–water partition coefficient (Wildman–Crippen LogP) is 5.05. The summed E-state index contributed by atoms with van der Waals surface area (Å²) in [5.74, 6) is -0.568. The molecule has 0 saturated carbocycles. The fourth-order valence-electron chi connectivity index (χ4n) is 8.84. The van der Waals surface area contributed by atoms with E-state index in [2.05, 4.69) is 20.1 Å². The summed E-state index contributed by atoms with van der Waals surface area (Å²) in [6.07, 6.45) is 3.62. The summed E-state index contributed by atoms with van der Waals surface area (Å²) < 4.78 is 59.3. The number of phenolic OH excluding ortho intramolecular Hbond substituents is 1. The molecule has 2 aromatic carbocycles. The second-order valence-corrected chi connectivity index (χ2v) is 13.5. The molecule has 9 rings (SSSR count). The number of pyridine rings is 1. The molecule has 5 aliphatic heterocycles. The Morgan fingerprint density at radius 1 is 1.13 bits per heavy atom. The number of nitrogens with zero attached hydrogens (tertiary/aromatic N) is 5. The van der Waals surface area contributed by atoms with Gasteiger partial charge in [0.25, 0.3) is 0 Å². The van der Waals surface area contributed by atoms with Crippen molar-refractivity contribution in [2.45, 2.75) is 75.3 Å². The van der Waals surface area contributed by atoms with E-state index in [9.17, 15) is 9.50 Å². The predicted molar refractivity (Wildman–Crippen MR) is 166 cm³/mol. The maximum Gasteiger partial charge on any atom is 0.319 e. The molecule has 2 N–H and O–H groups in total. The topological polar surface area (TPSA) is 95.9 Å². The number of hydrogen-bond acceptors (Lipinski definition) is 9. The lowest BCUT2D eigenvalue weighted by Gasteiger charge is -2.40. The zero-order valence-corrected chi connectivity index (χ0v) is 25.5. The minimum Gasteiger partial charge on any atom is -0.508 e. The first-order valence-corrected chi connectivity index (χ1v) is 16.3. The van der Waals surface area contributed by atoms with Crippen molar-refractivity contribution in [3.8, 4) is 28.9 Å². The van der Waals surface area contributed by atoms with Gasteiger partial charge in [-0.25, -0.2) is 18.2 Å². The SMILES string of the molecule is CCc1c(F)ccc2cc(O)cc(-c3nc4c5c(nc(OC[C@]67CCCN6C[C@H](F)C7)nc5c3F)N3CC5CC[C@H](N5)[C@@H]3CO4)c12. The fraction of sp³-hybridized carbons (Fsp3) is 0.500. The van der Waals surface area contributed by atoms with Gasteiger partial charge in [-0.1, -0.05) is 13.0 Å². The number of alkyl halides is 1. The summed E-state index contributed by atoms with van der Waals surface area (Å²) in [5.41, 5.74) is 0.0926. The maximum atomic E-state index is 17.1. The van der Waals surface area contributed by atoms with Crippen LogP contribution >= 0.6 is 0 Å². The number of ether oxygens (including phenoxy) is 2. The second-order valence-electron chi connectivity index (χ2n) is 13.5. The smallest absolute Gasteiger partial charge is 0.319 e. The number of aromatic nitrogens is 3. The molecule has 1 unspecified atom stereocenters. The number of benzene rings is 2.